The molecular weight excluding hydrogens is 452 g/mol. The number of aryl methyl sites for hydroxylation is 1. The van der Waals surface area contributed by atoms with E-state index in [0.717, 1.165) is 11.1 Å². The van der Waals surface area contributed by atoms with Crippen molar-refractivity contribution in [3.63, 3.8) is 0 Å². The SMILES string of the molecule is Cc1cc(Oc2ccccc2)ccc1C1(N)C(=O)C(N)C2c3c1ccc(N)c3SC2OC(N)=O. The maximum absolute atomic E-state index is 13.8. The van der Waals surface area contributed by atoms with Crippen LogP contribution in [0.2, 0.25) is 0 Å². The number of rotatable bonds is 4. The number of ether oxygens (including phenoxy) is 2. The number of Topliss-reactive ketones (excluding diaryl/α,β-unsaturated/α-hetero) is 1. The number of thioether (sulfide) groups is 1. The molecule has 0 aromatic heterocycles. The molecule has 34 heavy (non-hydrogen) atoms. The molecule has 0 saturated carbocycles. The molecule has 3 aromatic carbocycles. The molecule has 4 unspecified atom stereocenters. The third-order valence-electron chi connectivity index (χ3n) is 6.42. The van der Waals surface area contributed by atoms with Crippen molar-refractivity contribution in [2.24, 2.45) is 17.2 Å². The summed E-state index contributed by atoms with van der Waals surface area (Å²) < 4.78 is 11.2. The monoisotopic (exact) mass is 476 g/mol. The normalized spacial score (nSPS) is 25.0. The van der Waals surface area contributed by atoms with Crippen LogP contribution in [0.4, 0.5) is 10.5 Å². The summed E-state index contributed by atoms with van der Waals surface area (Å²) in [4.78, 5) is 25.9. The van der Waals surface area contributed by atoms with Gasteiger partial charge in [-0.2, -0.15) is 0 Å². The minimum atomic E-state index is -1.51. The number of hydrogen-bond acceptors (Lipinski definition) is 8. The Morgan fingerprint density at radius 1 is 1.03 bits per heavy atom. The van der Waals surface area contributed by atoms with Crippen LogP contribution in [0.5, 0.6) is 11.5 Å². The molecule has 0 fully saturated rings. The minimum Gasteiger partial charge on any atom is -0.457 e. The van der Waals surface area contributed by atoms with E-state index in [1.807, 2.05) is 43.3 Å². The Morgan fingerprint density at radius 3 is 2.41 bits per heavy atom. The van der Waals surface area contributed by atoms with E-state index >= 15 is 0 Å². The molecule has 0 spiro atoms. The fourth-order valence-electron chi connectivity index (χ4n) is 4.91. The lowest BCUT2D eigenvalue weighted by molar-refractivity contribution is -0.126. The molecule has 8 nitrogen and oxygen atoms in total. The molecule has 9 heteroatoms. The number of anilines is 1. The maximum Gasteiger partial charge on any atom is 0.405 e. The van der Waals surface area contributed by atoms with Gasteiger partial charge in [-0.05, 0) is 59.5 Å². The van der Waals surface area contributed by atoms with E-state index in [4.69, 9.17) is 32.4 Å². The first-order valence-electron chi connectivity index (χ1n) is 10.7. The number of benzene rings is 3. The zero-order valence-electron chi connectivity index (χ0n) is 18.4. The minimum absolute atomic E-state index is 0.374. The van der Waals surface area contributed by atoms with E-state index in [-0.39, 0.29) is 5.78 Å². The van der Waals surface area contributed by atoms with Crippen molar-refractivity contribution in [3.8, 4) is 11.5 Å². The standard InChI is InChI=1S/C25H24N4O4S/c1-12-11-14(32-13-5-3-2-4-6-13)7-8-15(12)25(29)16-9-10-17(26)21-18(16)19(20(27)22(25)30)23(34-21)33-24(28)31/h2-11,19-20,23H,26-27,29H2,1H3,(H2,28,31). The fourth-order valence-corrected chi connectivity index (χ4v) is 6.32. The average Bonchev–Trinajstić information content (AvgIpc) is 3.17. The van der Waals surface area contributed by atoms with Gasteiger partial charge in [-0.15, -0.1) is 0 Å². The summed E-state index contributed by atoms with van der Waals surface area (Å²) in [7, 11) is 0. The summed E-state index contributed by atoms with van der Waals surface area (Å²) in [6.45, 7) is 1.87. The van der Waals surface area contributed by atoms with Crippen molar-refractivity contribution in [3.05, 3.63) is 82.9 Å². The molecule has 0 radical (unpaired) electrons. The second-order valence-electron chi connectivity index (χ2n) is 8.48. The second-order valence-corrected chi connectivity index (χ2v) is 9.59. The van der Waals surface area contributed by atoms with Crippen LogP contribution in [-0.4, -0.2) is 23.4 Å². The van der Waals surface area contributed by atoms with E-state index in [2.05, 4.69) is 0 Å². The van der Waals surface area contributed by atoms with Crippen LogP contribution in [0.1, 0.15) is 28.2 Å². The summed E-state index contributed by atoms with van der Waals surface area (Å²) in [5.74, 6) is 0.344. The van der Waals surface area contributed by atoms with Gasteiger partial charge < -0.3 is 32.4 Å². The first-order chi connectivity index (χ1) is 16.2. The van der Waals surface area contributed by atoms with Crippen LogP contribution in [0.15, 0.2) is 65.6 Å². The Balaban J connectivity index is 1.61. The highest BCUT2D eigenvalue weighted by molar-refractivity contribution is 8.00. The molecule has 3 aromatic rings. The fraction of sp³-hybridized carbons (Fsp3) is 0.200. The lowest BCUT2D eigenvalue weighted by Crippen LogP contribution is -2.60. The topological polar surface area (TPSA) is 157 Å². The number of nitrogen functional groups attached to an aromatic ring is 1. The predicted molar refractivity (Wildman–Crippen MR) is 130 cm³/mol. The zero-order valence-corrected chi connectivity index (χ0v) is 19.2. The second kappa shape index (κ2) is 8.05. The number of para-hydroxylation sites is 1. The number of carbonyl (C=O) groups excluding carboxylic acids is 2. The molecule has 5 rings (SSSR count). The Morgan fingerprint density at radius 2 is 1.74 bits per heavy atom. The molecular formula is C25H24N4O4S. The quantitative estimate of drug-likeness (QED) is 0.418. The van der Waals surface area contributed by atoms with E-state index in [1.165, 1.54) is 11.8 Å². The van der Waals surface area contributed by atoms with Crippen LogP contribution < -0.4 is 27.7 Å². The third-order valence-corrected chi connectivity index (χ3v) is 7.74. The van der Waals surface area contributed by atoms with Gasteiger partial charge in [0.15, 0.2) is 11.2 Å². The van der Waals surface area contributed by atoms with E-state index in [9.17, 15) is 9.59 Å². The largest absolute Gasteiger partial charge is 0.457 e. The van der Waals surface area contributed by atoms with Crippen LogP contribution in [0, 0.1) is 6.92 Å². The van der Waals surface area contributed by atoms with Gasteiger partial charge in [0.25, 0.3) is 0 Å². The van der Waals surface area contributed by atoms with E-state index in [0.29, 0.717) is 33.2 Å². The van der Waals surface area contributed by atoms with E-state index in [1.54, 1.807) is 24.3 Å². The van der Waals surface area contributed by atoms with Crippen LogP contribution in [-0.2, 0) is 15.1 Å². The summed E-state index contributed by atoms with van der Waals surface area (Å²) in [5, 5.41) is 0. The van der Waals surface area contributed by atoms with Gasteiger partial charge in [-0.1, -0.05) is 42.1 Å². The first-order valence-corrected chi connectivity index (χ1v) is 11.6. The summed E-state index contributed by atoms with van der Waals surface area (Å²) >= 11 is 1.23. The summed E-state index contributed by atoms with van der Waals surface area (Å²) in [6.07, 6.45) is -0.945. The van der Waals surface area contributed by atoms with E-state index < -0.39 is 29.0 Å². The highest BCUT2D eigenvalue weighted by Gasteiger charge is 2.56. The molecule has 4 atom stereocenters. The summed E-state index contributed by atoms with van der Waals surface area (Å²) in [5.41, 5.74) is 25.8. The van der Waals surface area contributed by atoms with Gasteiger partial charge in [0.1, 0.15) is 17.0 Å². The lowest BCUT2D eigenvalue weighted by Gasteiger charge is -2.41. The van der Waals surface area contributed by atoms with Crippen molar-refractivity contribution >= 4 is 29.3 Å². The molecule has 174 valence electrons. The Bertz CT molecular complexity index is 1320. The zero-order chi connectivity index (χ0) is 24.2. The Labute approximate surface area is 200 Å². The van der Waals surface area contributed by atoms with Crippen molar-refractivity contribution in [2.45, 2.75) is 34.8 Å². The van der Waals surface area contributed by atoms with Crippen LogP contribution in [0.3, 0.4) is 0 Å². The number of ketones is 1. The molecule has 1 amide bonds. The average molecular weight is 477 g/mol. The highest BCUT2D eigenvalue weighted by Crippen LogP contribution is 2.56. The molecule has 1 heterocycles. The van der Waals surface area contributed by atoms with Gasteiger partial charge in [0.2, 0.25) is 0 Å². The van der Waals surface area contributed by atoms with Crippen LogP contribution >= 0.6 is 11.8 Å². The van der Waals surface area contributed by atoms with Crippen LogP contribution in [0.25, 0.3) is 0 Å². The Kier molecular flexibility index (Phi) is 5.27. The van der Waals surface area contributed by atoms with Gasteiger partial charge in [0.05, 0.1) is 12.0 Å². The Hall–Kier alpha value is -3.53. The lowest BCUT2D eigenvalue weighted by atomic mass is 9.65. The van der Waals surface area contributed by atoms with Gasteiger partial charge >= 0.3 is 6.09 Å². The first kappa shape index (κ1) is 22.3. The number of primary amides is 1. The molecule has 1 aliphatic heterocycles. The number of amides is 1. The predicted octanol–water partition coefficient (Wildman–Crippen LogP) is 3.09. The number of carbonyl (C=O) groups is 2. The number of nitrogens with two attached hydrogens (primary N) is 4. The van der Waals surface area contributed by atoms with Gasteiger partial charge in [0, 0.05) is 10.6 Å². The third kappa shape index (κ3) is 3.32. The molecule has 1 aliphatic carbocycles. The van der Waals surface area contributed by atoms with Crippen molar-refractivity contribution in [1.82, 2.24) is 0 Å². The highest BCUT2D eigenvalue weighted by atomic mass is 32.2. The van der Waals surface area contributed by atoms with Gasteiger partial charge in [-0.3, -0.25) is 4.79 Å². The van der Waals surface area contributed by atoms with Crippen molar-refractivity contribution < 1.29 is 19.1 Å². The van der Waals surface area contributed by atoms with Crippen molar-refractivity contribution in [2.75, 3.05) is 5.73 Å². The molecule has 8 N–H and O–H groups in total. The molecule has 2 aliphatic rings. The number of hydrogen-bond donors (Lipinski definition) is 4. The van der Waals surface area contributed by atoms with Crippen molar-refractivity contribution in [1.29, 1.82) is 0 Å². The molecule has 0 bridgehead atoms. The van der Waals surface area contributed by atoms with Gasteiger partial charge in [-0.25, -0.2) is 4.79 Å². The molecule has 0 saturated heterocycles. The maximum atomic E-state index is 13.8. The smallest absolute Gasteiger partial charge is 0.405 e. The summed E-state index contributed by atoms with van der Waals surface area (Å²) in [6, 6.07) is 17.3.